The molecule has 1 aliphatic heterocycles. The van der Waals surface area contributed by atoms with Crippen LogP contribution in [0, 0.1) is 6.92 Å². The number of hydrogen-bond acceptors (Lipinski definition) is 7. The number of carbonyl (C=O) groups is 1. The van der Waals surface area contributed by atoms with Crippen LogP contribution in [-0.2, 0) is 4.79 Å². The first kappa shape index (κ1) is 21.4. The number of likely N-dealkylation sites (N-methyl/N-ethyl adjacent to an activating group) is 1. The molecule has 5 nitrogen and oxygen atoms in total. The van der Waals surface area contributed by atoms with E-state index in [-0.39, 0.29) is 5.91 Å². The van der Waals surface area contributed by atoms with Crippen molar-refractivity contribution in [2.45, 2.75) is 23.2 Å². The highest BCUT2D eigenvalue weighted by molar-refractivity contribution is 8.26. The molecule has 32 heavy (non-hydrogen) atoms. The molecule has 1 fully saturated rings. The molecule has 160 valence electrons. The number of rotatable bonds is 5. The summed E-state index contributed by atoms with van der Waals surface area (Å²) in [6.45, 7) is 4.46. The molecule has 3 heterocycles. The number of hydrogen-bond donors (Lipinski definition) is 0. The van der Waals surface area contributed by atoms with Crippen LogP contribution in [0.1, 0.15) is 18.2 Å². The number of aryl methyl sites for hydroxylation is 1. The van der Waals surface area contributed by atoms with Crippen LogP contribution in [-0.4, -0.2) is 36.4 Å². The van der Waals surface area contributed by atoms with E-state index >= 15 is 0 Å². The molecular weight excluding hydrogens is 477 g/mol. The molecule has 2 aromatic carbocycles. The SMILES string of the molecule is CCN1C(=O)/C(=C/c2c(C)nn(-c3ccccc3)c2Sc2nc3ccccc3s2)SC1=S. The molecular formula is C23H18N4OS4. The van der Waals surface area contributed by atoms with Gasteiger partial charge in [-0.3, -0.25) is 9.69 Å². The van der Waals surface area contributed by atoms with Crippen LogP contribution in [0.2, 0.25) is 0 Å². The molecule has 0 aliphatic carbocycles. The van der Waals surface area contributed by atoms with E-state index in [1.165, 1.54) is 11.8 Å². The van der Waals surface area contributed by atoms with Gasteiger partial charge in [0.1, 0.15) is 9.35 Å². The number of aromatic nitrogens is 3. The van der Waals surface area contributed by atoms with Gasteiger partial charge in [0.15, 0.2) is 4.34 Å². The summed E-state index contributed by atoms with van der Waals surface area (Å²) < 4.78 is 4.59. The van der Waals surface area contributed by atoms with Gasteiger partial charge in [-0.2, -0.15) is 5.10 Å². The Labute approximate surface area is 203 Å². The largest absolute Gasteiger partial charge is 0.293 e. The lowest BCUT2D eigenvalue weighted by Crippen LogP contribution is -2.27. The fraction of sp³-hybridized carbons (Fsp3) is 0.130. The highest BCUT2D eigenvalue weighted by Gasteiger charge is 2.31. The zero-order valence-electron chi connectivity index (χ0n) is 17.3. The topological polar surface area (TPSA) is 51.0 Å². The van der Waals surface area contributed by atoms with Crippen molar-refractivity contribution in [3.63, 3.8) is 0 Å². The van der Waals surface area contributed by atoms with Crippen molar-refractivity contribution >= 4 is 73.6 Å². The molecule has 0 unspecified atom stereocenters. The molecule has 1 amide bonds. The summed E-state index contributed by atoms with van der Waals surface area (Å²) in [6, 6.07) is 18.1. The van der Waals surface area contributed by atoms with E-state index in [1.54, 1.807) is 28.0 Å². The summed E-state index contributed by atoms with van der Waals surface area (Å²) in [5.41, 5.74) is 3.70. The fourth-order valence-corrected chi connectivity index (χ4v) is 7.00. The summed E-state index contributed by atoms with van der Waals surface area (Å²) in [4.78, 5) is 19.9. The van der Waals surface area contributed by atoms with Gasteiger partial charge in [-0.25, -0.2) is 9.67 Å². The number of thioether (sulfide) groups is 1. The zero-order valence-corrected chi connectivity index (χ0v) is 20.6. The molecule has 2 aromatic heterocycles. The van der Waals surface area contributed by atoms with Crippen LogP contribution < -0.4 is 0 Å². The molecule has 1 saturated heterocycles. The average molecular weight is 495 g/mol. The Balaban J connectivity index is 1.63. The van der Waals surface area contributed by atoms with Crippen molar-refractivity contribution in [3.05, 3.63) is 70.8 Å². The monoisotopic (exact) mass is 494 g/mol. The maximum absolute atomic E-state index is 12.8. The Morgan fingerprint density at radius 3 is 2.59 bits per heavy atom. The highest BCUT2D eigenvalue weighted by atomic mass is 32.2. The molecule has 0 N–H and O–H groups in total. The van der Waals surface area contributed by atoms with Gasteiger partial charge in [0.05, 0.1) is 26.5 Å². The van der Waals surface area contributed by atoms with Crippen LogP contribution in [0.25, 0.3) is 22.0 Å². The Morgan fingerprint density at radius 2 is 1.88 bits per heavy atom. The Hall–Kier alpha value is -2.46. The minimum atomic E-state index is -0.0506. The first-order valence-corrected chi connectivity index (χ1v) is 12.8. The van der Waals surface area contributed by atoms with Crippen LogP contribution in [0.5, 0.6) is 0 Å². The third kappa shape index (κ3) is 3.90. The number of fused-ring (bicyclic) bond motifs is 1. The quantitative estimate of drug-likeness (QED) is 0.245. The molecule has 0 saturated carbocycles. The minimum absolute atomic E-state index is 0.0506. The van der Waals surface area contributed by atoms with E-state index in [4.69, 9.17) is 22.3 Å². The van der Waals surface area contributed by atoms with Crippen LogP contribution in [0.3, 0.4) is 0 Å². The molecule has 0 radical (unpaired) electrons. The summed E-state index contributed by atoms with van der Waals surface area (Å²) in [5.74, 6) is -0.0506. The van der Waals surface area contributed by atoms with E-state index in [9.17, 15) is 4.79 Å². The van der Waals surface area contributed by atoms with Crippen LogP contribution >= 0.6 is 47.1 Å². The van der Waals surface area contributed by atoms with E-state index in [2.05, 4.69) is 6.07 Å². The van der Waals surface area contributed by atoms with Gasteiger partial charge in [-0.1, -0.05) is 54.3 Å². The maximum atomic E-state index is 12.8. The zero-order chi connectivity index (χ0) is 22.2. The lowest BCUT2D eigenvalue weighted by atomic mass is 10.2. The number of para-hydroxylation sites is 2. The summed E-state index contributed by atoms with van der Waals surface area (Å²) in [7, 11) is 0. The van der Waals surface area contributed by atoms with Gasteiger partial charge in [0.25, 0.3) is 5.91 Å². The smallest absolute Gasteiger partial charge is 0.266 e. The Kier molecular flexibility index (Phi) is 5.90. The summed E-state index contributed by atoms with van der Waals surface area (Å²) in [5, 5.41) is 5.74. The highest BCUT2D eigenvalue weighted by Crippen LogP contribution is 2.40. The average Bonchev–Trinajstić information content (AvgIpc) is 3.43. The molecule has 4 aromatic rings. The molecule has 5 rings (SSSR count). The van der Waals surface area contributed by atoms with E-state index in [0.717, 1.165) is 36.5 Å². The summed E-state index contributed by atoms with van der Waals surface area (Å²) >= 11 is 9.96. The molecule has 0 bridgehead atoms. The van der Waals surface area contributed by atoms with Crippen molar-refractivity contribution in [3.8, 4) is 5.69 Å². The van der Waals surface area contributed by atoms with Crippen molar-refractivity contribution in [1.29, 1.82) is 0 Å². The second-order valence-corrected chi connectivity index (χ2v) is 11.0. The molecule has 1 aliphatic rings. The molecule has 0 atom stereocenters. The number of thiocarbonyl (C=S) groups is 1. The van der Waals surface area contributed by atoms with E-state index in [0.29, 0.717) is 15.8 Å². The van der Waals surface area contributed by atoms with Gasteiger partial charge in [0.2, 0.25) is 0 Å². The maximum Gasteiger partial charge on any atom is 0.266 e. The lowest BCUT2D eigenvalue weighted by molar-refractivity contribution is -0.121. The molecule has 9 heteroatoms. The second-order valence-electron chi connectivity index (χ2n) is 7.03. The Bertz CT molecular complexity index is 1340. The number of thiazole rings is 1. The van der Waals surface area contributed by atoms with Crippen molar-refractivity contribution in [2.75, 3.05) is 6.54 Å². The third-order valence-corrected chi connectivity index (χ3v) is 8.55. The fourth-order valence-electron chi connectivity index (χ4n) is 3.41. The van der Waals surface area contributed by atoms with Crippen molar-refractivity contribution in [1.82, 2.24) is 19.7 Å². The first-order chi connectivity index (χ1) is 15.5. The minimum Gasteiger partial charge on any atom is -0.293 e. The predicted octanol–water partition coefficient (Wildman–Crippen LogP) is 6.16. The van der Waals surface area contributed by atoms with Gasteiger partial charge >= 0.3 is 0 Å². The van der Waals surface area contributed by atoms with Gasteiger partial charge in [-0.15, -0.1) is 11.3 Å². The van der Waals surface area contributed by atoms with Gasteiger partial charge in [-0.05, 0) is 56.0 Å². The van der Waals surface area contributed by atoms with E-state index < -0.39 is 0 Å². The second kappa shape index (κ2) is 8.82. The third-order valence-electron chi connectivity index (χ3n) is 4.99. The van der Waals surface area contributed by atoms with Crippen molar-refractivity contribution in [2.24, 2.45) is 0 Å². The molecule has 0 spiro atoms. The number of nitrogens with zero attached hydrogens (tertiary/aromatic N) is 4. The van der Waals surface area contributed by atoms with Crippen molar-refractivity contribution < 1.29 is 4.79 Å². The normalized spacial score (nSPS) is 15.4. The van der Waals surface area contributed by atoms with Crippen LogP contribution in [0.15, 0.2) is 68.9 Å². The predicted molar refractivity (Wildman–Crippen MR) is 138 cm³/mol. The van der Waals surface area contributed by atoms with Gasteiger partial charge in [0, 0.05) is 12.1 Å². The first-order valence-electron chi connectivity index (χ1n) is 9.99. The standard InChI is InChI=1S/C23H18N4OS4/c1-3-26-20(28)19(31-23(26)29)13-16-14(2)25-27(15-9-5-4-6-10-15)21(16)32-22-24-17-11-7-8-12-18(17)30-22/h4-13H,3H2,1-2H3/b19-13-. The number of carbonyl (C=O) groups excluding carboxylic acids is 1. The Morgan fingerprint density at radius 1 is 1.12 bits per heavy atom. The number of benzene rings is 2. The van der Waals surface area contributed by atoms with Gasteiger partial charge < -0.3 is 0 Å². The number of amides is 1. The van der Waals surface area contributed by atoms with Crippen LogP contribution in [0.4, 0.5) is 0 Å². The summed E-state index contributed by atoms with van der Waals surface area (Å²) in [6.07, 6.45) is 1.92. The van der Waals surface area contributed by atoms with E-state index in [1.807, 2.05) is 73.1 Å². The lowest BCUT2D eigenvalue weighted by Gasteiger charge is -2.09.